The number of nitrogens with zero attached hydrogens (tertiary/aromatic N) is 3. The minimum Gasteiger partial charge on any atom is -0.352 e. The third-order valence-electron chi connectivity index (χ3n) is 4.58. The van der Waals surface area contributed by atoms with Crippen LogP contribution in [0.25, 0.3) is 10.9 Å². The van der Waals surface area contributed by atoms with E-state index in [1.807, 2.05) is 24.3 Å². The number of aromatic nitrogens is 1. The lowest BCUT2D eigenvalue weighted by Crippen LogP contribution is -2.44. The number of anilines is 1. The van der Waals surface area contributed by atoms with Crippen molar-refractivity contribution in [2.45, 2.75) is 37.8 Å². The van der Waals surface area contributed by atoms with Crippen LogP contribution in [-0.4, -0.2) is 29.5 Å². The summed E-state index contributed by atoms with van der Waals surface area (Å²) >= 11 is 0. The van der Waals surface area contributed by atoms with Crippen molar-refractivity contribution in [2.24, 2.45) is 0 Å². The number of hydrogen-bond donors (Lipinski definition) is 1. The zero-order valence-corrected chi connectivity index (χ0v) is 12.8. The van der Waals surface area contributed by atoms with Gasteiger partial charge >= 0.3 is 0 Å². The number of carbonyl (C=O) groups is 1. The second kappa shape index (κ2) is 5.54. The molecule has 1 saturated heterocycles. The molecule has 116 valence electrons. The first-order valence-corrected chi connectivity index (χ1v) is 8.12. The second-order valence-electron chi connectivity index (χ2n) is 6.32. The molecule has 2 heterocycles. The zero-order valence-electron chi connectivity index (χ0n) is 12.8. The van der Waals surface area contributed by atoms with E-state index in [9.17, 15) is 4.79 Å². The molecule has 0 radical (unpaired) electrons. The topological polar surface area (TPSA) is 69.0 Å². The van der Waals surface area contributed by atoms with Crippen LogP contribution in [-0.2, 0) is 4.79 Å². The van der Waals surface area contributed by atoms with Gasteiger partial charge in [-0.05, 0) is 56.0 Å². The van der Waals surface area contributed by atoms with Crippen molar-refractivity contribution in [1.29, 1.82) is 5.26 Å². The van der Waals surface area contributed by atoms with E-state index < -0.39 is 0 Å². The molecule has 5 heteroatoms. The molecule has 1 amide bonds. The first kappa shape index (κ1) is 14.0. The summed E-state index contributed by atoms with van der Waals surface area (Å²) < 4.78 is 0. The van der Waals surface area contributed by atoms with Gasteiger partial charge in [0.1, 0.15) is 11.9 Å². The Morgan fingerprint density at radius 3 is 2.91 bits per heavy atom. The van der Waals surface area contributed by atoms with Gasteiger partial charge in [0.05, 0.1) is 17.1 Å². The first-order chi connectivity index (χ1) is 11.2. The molecular formula is C18H18N4O. The molecule has 1 atom stereocenters. The number of fused-ring (bicyclic) bond motifs is 1. The first-order valence-electron chi connectivity index (χ1n) is 8.12. The van der Waals surface area contributed by atoms with Crippen LogP contribution in [0.4, 0.5) is 5.82 Å². The fourth-order valence-corrected chi connectivity index (χ4v) is 3.18. The summed E-state index contributed by atoms with van der Waals surface area (Å²) in [4.78, 5) is 19.2. The molecule has 1 aliphatic heterocycles. The Hall–Kier alpha value is -2.61. The van der Waals surface area contributed by atoms with Gasteiger partial charge in [0.2, 0.25) is 5.91 Å². The number of nitrogens with one attached hydrogen (secondary N) is 1. The second-order valence-corrected chi connectivity index (χ2v) is 6.32. The Bertz CT molecular complexity index is 806. The van der Waals surface area contributed by atoms with E-state index in [2.05, 4.69) is 16.3 Å². The summed E-state index contributed by atoms with van der Waals surface area (Å²) in [6, 6.07) is 11.8. The Labute approximate surface area is 134 Å². The van der Waals surface area contributed by atoms with Crippen molar-refractivity contribution in [2.75, 3.05) is 11.4 Å². The van der Waals surface area contributed by atoms with Gasteiger partial charge in [-0.15, -0.1) is 0 Å². The number of hydrogen-bond acceptors (Lipinski definition) is 4. The number of nitriles is 1. The lowest BCUT2D eigenvalue weighted by molar-refractivity contribution is -0.122. The van der Waals surface area contributed by atoms with Crippen molar-refractivity contribution in [3.63, 3.8) is 0 Å². The molecule has 2 fully saturated rings. The third-order valence-corrected chi connectivity index (χ3v) is 4.58. The van der Waals surface area contributed by atoms with E-state index in [0.717, 1.165) is 48.9 Å². The van der Waals surface area contributed by atoms with E-state index >= 15 is 0 Å². The highest BCUT2D eigenvalue weighted by atomic mass is 16.2. The molecule has 2 aliphatic rings. The Balaban J connectivity index is 1.61. The fourth-order valence-electron chi connectivity index (χ4n) is 3.18. The Morgan fingerprint density at radius 1 is 1.26 bits per heavy atom. The third kappa shape index (κ3) is 2.72. The van der Waals surface area contributed by atoms with Crippen LogP contribution >= 0.6 is 0 Å². The van der Waals surface area contributed by atoms with E-state index in [-0.39, 0.29) is 11.9 Å². The van der Waals surface area contributed by atoms with Crippen LogP contribution in [0.2, 0.25) is 0 Å². The summed E-state index contributed by atoms with van der Waals surface area (Å²) in [5, 5.41) is 13.0. The molecule has 1 aromatic heterocycles. The van der Waals surface area contributed by atoms with Crippen molar-refractivity contribution < 1.29 is 4.79 Å². The molecule has 0 bridgehead atoms. The van der Waals surface area contributed by atoms with Gasteiger partial charge in [-0.1, -0.05) is 0 Å². The van der Waals surface area contributed by atoms with Gasteiger partial charge in [0.25, 0.3) is 0 Å². The average molecular weight is 306 g/mol. The standard InChI is InChI=1S/C18H18N4O/c19-11-12-3-7-15-13(10-12)4-8-17(21-15)22-9-1-2-16(22)18(23)20-14-5-6-14/h3-4,7-8,10,14,16H,1-2,5-6,9H2,(H,20,23)/t16-/m0/s1. The SMILES string of the molecule is N#Cc1ccc2nc(N3CCC[C@H]3C(=O)NC3CC3)ccc2c1. The summed E-state index contributed by atoms with van der Waals surface area (Å²) in [5.74, 6) is 0.974. The highest BCUT2D eigenvalue weighted by molar-refractivity contribution is 5.87. The van der Waals surface area contributed by atoms with E-state index in [4.69, 9.17) is 10.2 Å². The van der Waals surface area contributed by atoms with Crippen molar-refractivity contribution in [3.8, 4) is 6.07 Å². The molecular weight excluding hydrogens is 288 g/mol. The largest absolute Gasteiger partial charge is 0.352 e. The number of amides is 1. The molecule has 23 heavy (non-hydrogen) atoms. The maximum absolute atomic E-state index is 12.4. The van der Waals surface area contributed by atoms with E-state index in [0.29, 0.717) is 11.6 Å². The molecule has 4 rings (SSSR count). The monoisotopic (exact) mass is 306 g/mol. The minimum atomic E-state index is -0.112. The molecule has 1 saturated carbocycles. The van der Waals surface area contributed by atoms with Crippen molar-refractivity contribution >= 4 is 22.6 Å². The van der Waals surface area contributed by atoms with Gasteiger partial charge in [-0.25, -0.2) is 4.98 Å². The quantitative estimate of drug-likeness (QED) is 0.945. The van der Waals surface area contributed by atoms with Gasteiger partial charge in [-0.3, -0.25) is 4.79 Å². The lowest BCUT2D eigenvalue weighted by atomic mass is 10.1. The highest BCUT2D eigenvalue weighted by Crippen LogP contribution is 2.27. The fraction of sp³-hybridized carbons (Fsp3) is 0.389. The summed E-state index contributed by atoms with van der Waals surface area (Å²) in [5.41, 5.74) is 1.49. The molecule has 1 N–H and O–H groups in total. The zero-order chi connectivity index (χ0) is 15.8. The molecule has 1 aliphatic carbocycles. The van der Waals surface area contributed by atoms with Gasteiger partial charge in [0, 0.05) is 18.0 Å². The molecule has 1 aromatic carbocycles. The predicted molar refractivity (Wildman–Crippen MR) is 88.0 cm³/mol. The van der Waals surface area contributed by atoms with Crippen LogP contribution in [0, 0.1) is 11.3 Å². The average Bonchev–Trinajstić information content (AvgIpc) is 3.25. The molecule has 0 unspecified atom stereocenters. The van der Waals surface area contributed by atoms with E-state index in [1.165, 1.54) is 0 Å². The van der Waals surface area contributed by atoms with E-state index in [1.54, 1.807) is 6.07 Å². The molecule has 5 nitrogen and oxygen atoms in total. The van der Waals surface area contributed by atoms with Crippen LogP contribution < -0.4 is 10.2 Å². The lowest BCUT2D eigenvalue weighted by Gasteiger charge is -2.25. The summed E-state index contributed by atoms with van der Waals surface area (Å²) in [7, 11) is 0. The normalized spacial score (nSPS) is 20.5. The number of benzene rings is 1. The van der Waals surface area contributed by atoms with Gasteiger partial charge in [0.15, 0.2) is 0 Å². The maximum Gasteiger partial charge on any atom is 0.242 e. The minimum absolute atomic E-state index is 0.112. The van der Waals surface area contributed by atoms with Crippen molar-refractivity contribution in [1.82, 2.24) is 10.3 Å². The Morgan fingerprint density at radius 2 is 2.13 bits per heavy atom. The van der Waals surface area contributed by atoms with Crippen LogP contribution in [0.1, 0.15) is 31.2 Å². The highest BCUT2D eigenvalue weighted by Gasteiger charge is 2.34. The van der Waals surface area contributed by atoms with Crippen LogP contribution in [0.15, 0.2) is 30.3 Å². The number of rotatable bonds is 3. The van der Waals surface area contributed by atoms with Crippen LogP contribution in [0.3, 0.4) is 0 Å². The van der Waals surface area contributed by atoms with Crippen LogP contribution in [0.5, 0.6) is 0 Å². The number of pyridine rings is 1. The predicted octanol–water partition coefficient (Wildman–Crippen LogP) is 2.35. The van der Waals surface area contributed by atoms with Gasteiger partial charge in [-0.2, -0.15) is 5.26 Å². The number of carbonyl (C=O) groups excluding carboxylic acids is 1. The molecule has 2 aromatic rings. The summed E-state index contributed by atoms with van der Waals surface area (Å²) in [6.07, 6.45) is 4.10. The summed E-state index contributed by atoms with van der Waals surface area (Å²) in [6.45, 7) is 0.859. The van der Waals surface area contributed by atoms with Gasteiger partial charge < -0.3 is 10.2 Å². The smallest absolute Gasteiger partial charge is 0.242 e. The maximum atomic E-state index is 12.4. The Kier molecular flexibility index (Phi) is 3.38. The van der Waals surface area contributed by atoms with Crippen molar-refractivity contribution in [3.05, 3.63) is 35.9 Å². The molecule has 0 spiro atoms.